The van der Waals surface area contributed by atoms with Crippen LogP contribution in [0, 0.1) is 6.92 Å². The van der Waals surface area contributed by atoms with Gasteiger partial charge in [-0.3, -0.25) is 9.69 Å². The number of rotatable bonds is 5. The van der Waals surface area contributed by atoms with E-state index in [0.717, 1.165) is 37.7 Å². The molecule has 2 heterocycles. The summed E-state index contributed by atoms with van der Waals surface area (Å²) in [5.74, 6) is 1.53. The fourth-order valence-corrected chi connectivity index (χ4v) is 3.72. The highest BCUT2D eigenvalue weighted by Crippen LogP contribution is 2.30. The predicted molar refractivity (Wildman–Crippen MR) is 109 cm³/mol. The zero-order chi connectivity index (χ0) is 19.3. The smallest absolute Gasteiger partial charge is 0.234 e. The summed E-state index contributed by atoms with van der Waals surface area (Å²) in [5.41, 5.74) is 2.59. The fourth-order valence-electron chi connectivity index (χ4n) is 3.72. The van der Waals surface area contributed by atoms with Gasteiger partial charge in [0.2, 0.25) is 5.91 Å². The number of fused-ring (bicyclic) bond motifs is 1. The number of aryl methyl sites for hydroxylation is 1. The maximum absolute atomic E-state index is 12.3. The molecule has 0 saturated carbocycles. The van der Waals surface area contributed by atoms with E-state index in [2.05, 4.69) is 46.3 Å². The molecule has 2 aliphatic heterocycles. The van der Waals surface area contributed by atoms with Gasteiger partial charge in [-0.05, 0) is 30.7 Å². The Morgan fingerprint density at radius 1 is 1.04 bits per heavy atom. The van der Waals surface area contributed by atoms with E-state index >= 15 is 0 Å². The molecule has 148 valence electrons. The van der Waals surface area contributed by atoms with Gasteiger partial charge in [-0.25, -0.2) is 0 Å². The number of carbonyl (C=O) groups is 1. The van der Waals surface area contributed by atoms with E-state index in [0.29, 0.717) is 19.7 Å². The molecule has 0 bridgehead atoms. The molecule has 0 radical (unpaired) electrons. The van der Waals surface area contributed by atoms with Crippen molar-refractivity contribution in [2.75, 3.05) is 50.8 Å². The van der Waals surface area contributed by atoms with Crippen LogP contribution < -0.4 is 19.7 Å². The third-order valence-electron chi connectivity index (χ3n) is 5.29. The molecule has 6 heteroatoms. The summed E-state index contributed by atoms with van der Waals surface area (Å²) in [5, 5.41) is 2.98. The molecule has 2 aromatic rings. The number of benzene rings is 2. The summed E-state index contributed by atoms with van der Waals surface area (Å²) in [4.78, 5) is 16.9. The van der Waals surface area contributed by atoms with Gasteiger partial charge < -0.3 is 19.7 Å². The summed E-state index contributed by atoms with van der Waals surface area (Å²) in [6.45, 7) is 7.12. The van der Waals surface area contributed by atoms with Crippen LogP contribution in [0.2, 0.25) is 0 Å². The van der Waals surface area contributed by atoms with Gasteiger partial charge in [0.15, 0.2) is 11.5 Å². The van der Waals surface area contributed by atoms with Crippen LogP contribution >= 0.6 is 0 Å². The zero-order valence-corrected chi connectivity index (χ0v) is 16.3. The molecule has 1 saturated heterocycles. The number of amides is 1. The van der Waals surface area contributed by atoms with Crippen molar-refractivity contribution in [3.05, 3.63) is 54.1 Å². The van der Waals surface area contributed by atoms with Crippen molar-refractivity contribution in [3.63, 3.8) is 0 Å². The number of carbonyl (C=O) groups excluding carboxylic acids is 1. The molecule has 2 aromatic carbocycles. The maximum Gasteiger partial charge on any atom is 0.234 e. The van der Waals surface area contributed by atoms with Gasteiger partial charge in [0.1, 0.15) is 12.7 Å². The third-order valence-corrected chi connectivity index (χ3v) is 5.29. The van der Waals surface area contributed by atoms with E-state index in [1.165, 1.54) is 11.3 Å². The molecule has 1 atom stereocenters. The monoisotopic (exact) mass is 381 g/mol. The molecule has 6 nitrogen and oxygen atoms in total. The lowest BCUT2D eigenvalue weighted by Crippen LogP contribution is -2.50. The normalized spacial score (nSPS) is 19.3. The molecule has 1 amide bonds. The first-order valence-corrected chi connectivity index (χ1v) is 9.87. The highest BCUT2D eigenvalue weighted by atomic mass is 16.6. The van der Waals surface area contributed by atoms with Gasteiger partial charge >= 0.3 is 0 Å². The molecular formula is C22H27N3O3. The Morgan fingerprint density at radius 3 is 2.54 bits per heavy atom. The van der Waals surface area contributed by atoms with Crippen molar-refractivity contribution in [2.24, 2.45) is 0 Å². The molecule has 0 spiro atoms. The number of nitrogens with zero attached hydrogens (tertiary/aromatic N) is 2. The molecule has 0 aromatic heterocycles. The van der Waals surface area contributed by atoms with Crippen LogP contribution in [-0.2, 0) is 4.79 Å². The standard InChI is InChI=1S/C22H27N3O3/c1-17-6-2-3-7-19(17)25-12-10-24(11-13-25)15-22(26)23-14-18-16-27-20-8-4-5-9-21(20)28-18/h2-9,18H,10-16H2,1H3,(H,23,26)/t18-/m1/s1. The molecule has 4 rings (SSSR count). The Morgan fingerprint density at radius 2 is 1.75 bits per heavy atom. The van der Waals surface area contributed by atoms with Crippen LogP contribution in [0.3, 0.4) is 0 Å². The van der Waals surface area contributed by atoms with Crippen LogP contribution in [0.4, 0.5) is 5.69 Å². The molecule has 1 fully saturated rings. The molecule has 2 aliphatic rings. The SMILES string of the molecule is Cc1ccccc1N1CCN(CC(=O)NC[C@@H]2COc3ccccc3O2)CC1. The van der Waals surface area contributed by atoms with E-state index < -0.39 is 0 Å². The number of nitrogens with one attached hydrogen (secondary N) is 1. The number of hydrogen-bond acceptors (Lipinski definition) is 5. The second kappa shape index (κ2) is 8.52. The quantitative estimate of drug-likeness (QED) is 0.859. The zero-order valence-electron chi connectivity index (χ0n) is 16.3. The minimum atomic E-state index is -0.156. The average molecular weight is 381 g/mol. The largest absolute Gasteiger partial charge is 0.486 e. The first kappa shape index (κ1) is 18.6. The maximum atomic E-state index is 12.3. The van der Waals surface area contributed by atoms with E-state index in [4.69, 9.17) is 9.47 Å². The van der Waals surface area contributed by atoms with Crippen LogP contribution in [0.25, 0.3) is 0 Å². The predicted octanol–water partition coefficient (Wildman–Crippen LogP) is 2.07. The van der Waals surface area contributed by atoms with Gasteiger partial charge in [-0.15, -0.1) is 0 Å². The lowest BCUT2D eigenvalue weighted by atomic mass is 10.1. The third kappa shape index (κ3) is 4.39. The molecule has 0 aliphatic carbocycles. The molecule has 0 unspecified atom stereocenters. The molecule has 28 heavy (non-hydrogen) atoms. The first-order valence-electron chi connectivity index (χ1n) is 9.87. The fraction of sp³-hybridized carbons (Fsp3) is 0.409. The van der Waals surface area contributed by atoms with Crippen LogP contribution in [0.15, 0.2) is 48.5 Å². The second-order valence-electron chi connectivity index (χ2n) is 7.35. The Labute approximate surface area is 166 Å². The minimum absolute atomic E-state index is 0.0341. The van der Waals surface area contributed by atoms with Gasteiger partial charge in [0, 0.05) is 31.9 Å². The summed E-state index contributed by atoms with van der Waals surface area (Å²) < 4.78 is 11.6. The van der Waals surface area contributed by atoms with Crippen LogP contribution in [-0.4, -0.2) is 62.8 Å². The first-order chi connectivity index (χ1) is 13.7. The minimum Gasteiger partial charge on any atom is -0.486 e. The van der Waals surface area contributed by atoms with E-state index in [1.807, 2.05) is 24.3 Å². The number of para-hydroxylation sites is 3. The van der Waals surface area contributed by atoms with Crippen molar-refractivity contribution in [3.8, 4) is 11.5 Å². The lowest BCUT2D eigenvalue weighted by Gasteiger charge is -2.36. The summed E-state index contributed by atoms with van der Waals surface area (Å²) in [7, 11) is 0. The van der Waals surface area contributed by atoms with E-state index in [-0.39, 0.29) is 12.0 Å². The van der Waals surface area contributed by atoms with Crippen molar-refractivity contribution in [2.45, 2.75) is 13.0 Å². The molecule has 1 N–H and O–H groups in total. The number of hydrogen-bond donors (Lipinski definition) is 1. The van der Waals surface area contributed by atoms with E-state index in [1.54, 1.807) is 0 Å². The topological polar surface area (TPSA) is 54.0 Å². The van der Waals surface area contributed by atoms with Gasteiger partial charge in [-0.2, -0.15) is 0 Å². The lowest BCUT2D eigenvalue weighted by molar-refractivity contribution is -0.122. The Balaban J connectivity index is 1.20. The van der Waals surface area contributed by atoms with Crippen molar-refractivity contribution >= 4 is 11.6 Å². The Hall–Kier alpha value is -2.73. The Bertz CT molecular complexity index is 818. The highest BCUT2D eigenvalue weighted by Gasteiger charge is 2.23. The van der Waals surface area contributed by atoms with Gasteiger partial charge in [0.25, 0.3) is 0 Å². The summed E-state index contributed by atoms with van der Waals surface area (Å²) in [6, 6.07) is 16.1. The Kier molecular flexibility index (Phi) is 5.67. The van der Waals surface area contributed by atoms with Crippen LogP contribution in [0.1, 0.15) is 5.56 Å². The summed E-state index contributed by atoms with van der Waals surface area (Å²) >= 11 is 0. The van der Waals surface area contributed by atoms with Crippen molar-refractivity contribution in [1.82, 2.24) is 10.2 Å². The van der Waals surface area contributed by atoms with Crippen molar-refractivity contribution in [1.29, 1.82) is 0 Å². The number of piperazine rings is 1. The number of ether oxygens (including phenoxy) is 2. The average Bonchev–Trinajstić information content (AvgIpc) is 2.73. The van der Waals surface area contributed by atoms with Gasteiger partial charge in [0.05, 0.1) is 13.1 Å². The highest BCUT2D eigenvalue weighted by molar-refractivity contribution is 5.78. The second-order valence-corrected chi connectivity index (χ2v) is 7.35. The molecular weight excluding hydrogens is 354 g/mol. The number of anilines is 1. The van der Waals surface area contributed by atoms with Crippen molar-refractivity contribution < 1.29 is 14.3 Å². The van der Waals surface area contributed by atoms with E-state index in [9.17, 15) is 4.79 Å². The van der Waals surface area contributed by atoms with Gasteiger partial charge in [-0.1, -0.05) is 30.3 Å². The van der Waals surface area contributed by atoms with Crippen LogP contribution in [0.5, 0.6) is 11.5 Å². The summed E-state index contributed by atoms with van der Waals surface area (Å²) in [6.07, 6.45) is -0.156.